The average Bonchev–Trinajstić information content (AvgIpc) is 3.34. The van der Waals surface area contributed by atoms with Crippen LogP contribution in [0.3, 0.4) is 0 Å². The van der Waals surface area contributed by atoms with Gasteiger partial charge in [0.1, 0.15) is 0 Å². The fraction of sp³-hybridized carbons (Fsp3) is 0.367. The van der Waals surface area contributed by atoms with Gasteiger partial charge in [0, 0.05) is 12.5 Å². The number of hydrogen-bond donors (Lipinski definition) is 0. The first-order valence-corrected chi connectivity index (χ1v) is 12.4. The molecule has 3 aromatic rings. The number of benzene rings is 3. The first-order valence-electron chi connectivity index (χ1n) is 12.4. The number of rotatable bonds is 11. The summed E-state index contributed by atoms with van der Waals surface area (Å²) >= 11 is 0. The molecule has 0 amide bonds. The first-order chi connectivity index (χ1) is 16.7. The van der Waals surface area contributed by atoms with Crippen molar-refractivity contribution < 1.29 is 14.3 Å². The lowest BCUT2D eigenvalue weighted by molar-refractivity contribution is -0.143. The van der Waals surface area contributed by atoms with Crippen LogP contribution in [0.25, 0.3) is 0 Å². The van der Waals surface area contributed by atoms with Crippen LogP contribution in [0, 0.1) is 0 Å². The Morgan fingerprint density at radius 3 is 2.09 bits per heavy atom. The van der Waals surface area contributed by atoms with Gasteiger partial charge in [-0.1, -0.05) is 91.0 Å². The zero-order valence-corrected chi connectivity index (χ0v) is 20.1. The summed E-state index contributed by atoms with van der Waals surface area (Å²) in [6.45, 7) is 4.36. The van der Waals surface area contributed by atoms with E-state index >= 15 is 0 Å². The molecule has 0 saturated carbocycles. The van der Waals surface area contributed by atoms with E-state index in [1.54, 1.807) is 0 Å². The zero-order valence-electron chi connectivity index (χ0n) is 20.1. The summed E-state index contributed by atoms with van der Waals surface area (Å²) < 4.78 is 11.5. The minimum absolute atomic E-state index is 0.0935. The Bertz CT molecular complexity index is 967. The van der Waals surface area contributed by atoms with E-state index in [1.807, 2.05) is 25.1 Å². The molecule has 1 aliphatic heterocycles. The van der Waals surface area contributed by atoms with Gasteiger partial charge in [-0.3, -0.25) is 9.69 Å². The molecule has 178 valence electrons. The van der Waals surface area contributed by atoms with E-state index in [0.29, 0.717) is 32.7 Å². The van der Waals surface area contributed by atoms with Gasteiger partial charge in [-0.2, -0.15) is 0 Å². The molecule has 1 unspecified atom stereocenters. The lowest BCUT2D eigenvalue weighted by atomic mass is 9.79. The fourth-order valence-electron chi connectivity index (χ4n) is 5.28. The molecular weight excluding hydrogens is 422 g/mol. The van der Waals surface area contributed by atoms with Crippen LogP contribution in [0.15, 0.2) is 91.0 Å². The van der Waals surface area contributed by atoms with Crippen molar-refractivity contribution in [2.45, 2.75) is 50.8 Å². The summed E-state index contributed by atoms with van der Waals surface area (Å²) in [5.41, 5.74) is 3.51. The lowest BCUT2D eigenvalue weighted by Gasteiger charge is -2.44. The van der Waals surface area contributed by atoms with Crippen molar-refractivity contribution in [3.8, 4) is 0 Å². The quantitative estimate of drug-likeness (QED) is 0.333. The van der Waals surface area contributed by atoms with E-state index in [9.17, 15) is 4.79 Å². The largest absolute Gasteiger partial charge is 0.466 e. The monoisotopic (exact) mass is 457 g/mol. The van der Waals surface area contributed by atoms with Crippen LogP contribution in [-0.4, -0.2) is 36.7 Å². The maximum Gasteiger partial charge on any atom is 0.305 e. The maximum absolute atomic E-state index is 12.3. The highest BCUT2D eigenvalue weighted by atomic mass is 16.5. The Morgan fingerprint density at radius 1 is 0.912 bits per heavy atom. The van der Waals surface area contributed by atoms with E-state index in [0.717, 1.165) is 24.9 Å². The highest BCUT2D eigenvalue weighted by Gasteiger charge is 2.46. The van der Waals surface area contributed by atoms with Gasteiger partial charge in [0.25, 0.3) is 0 Å². The second kappa shape index (κ2) is 12.0. The highest BCUT2D eigenvalue weighted by Crippen LogP contribution is 2.46. The molecule has 4 nitrogen and oxygen atoms in total. The smallest absolute Gasteiger partial charge is 0.305 e. The maximum atomic E-state index is 12.3. The minimum Gasteiger partial charge on any atom is -0.466 e. The van der Waals surface area contributed by atoms with Gasteiger partial charge in [-0.15, -0.1) is 0 Å². The van der Waals surface area contributed by atoms with Gasteiger partial charge in [0.15, 0.2) is 0 Å². The third-order valence-electron chi connectivity index (χ3n) is 6.78. The van der Waals surface area contributed by atoms with Crippen LogP contribution in [-0.2, 0) is 26.4 Å². The molecule has 4 heteroatoms. The molecular formula is C30H35NO3. The van der Waals surface area contributed by atoms with E-state index in [2.05, 4.69) is 77.7 Å². The Labute approximate surface area is 203 Å². The van der Waals surface area contributed by atoms with Crippen LogP contribution in [0.2, 0.25) is 0 Å². The van der Waals surface area contributed by atoms with Crippen LogP contribution in [0.1, 0.15) is 49.3 Å². The molecule has 0 bridgehead atoms. The number of nitrogens with zero attached hydrogens (tertiary/aromatic N) is 1. The number of esters is 1. The molecule has 0 radical (unpaired) electrons. The molecule has 1 aliphatic rings. The lowest BCUT2D eigenvalue weighted by Crippen LogP contribution is -2.50. The Morgan fingerprint density at radius 2 is 1.50 bits per heavy atom. The third kappa shape index (κ3) is 5.57. The van der Waals surface area contributed by atoms with Crippen molar-refractivity contribution in [2.24, 2.45) is 0 Å². The second-order valence-corrected chi connectivity index (χ2v) is 8.89. The first kappa shape index (κ1) is 24.2. The normalized spacial score (nSPS) is 16.3. The zero-order chi connectivity index (χ0) is 23.6. The molecule has 0 N–H and O–H groups in total. The summed E-state index contributed by atoms with van der Waals surface area (Å²) in [6.07, 6.45) is 3.23. The van der Waals surface area contributed by atoms with Crippen molar-refractivity contribution >= 4 is 5.97 Å². The molecule has 34 heavy (non-hydrogen) atoms. The van der Waals surface area contributed by atoms with Crippen molar-refractivity contribution in [1.29, 1.82) is 0 Å². The average molecular weight is 458 g/mol. The Hall–Kier alpha value is -2.95. The van der Waals surface area contributed by atoms with E-state index in [4.69, 9.17) is 9.47 Å². The van der Waals surface area contributed by atoms with Gasteiger partial charge in [-0.25, -0.2) is 0 Å². The van der Waals surface area contributed by atoms with E-state index in [-0.39, 0.29) is 17.6 Å². The highest BCUT2D eigenvalue weighted by molar-refractivity contribution is 5.69. The molecule has 1 heterocycles. The molecule has 0 aromatic heterocycles. The van der Waals surface area contributed by atoms with Crippen molar-refractivity contribution in [3.63, 3.8) is 0 Å². The topological polar surface area (TPSA) is 38.8 Å². The van der Waals surface area contributed by atoms with Crippen LogP contribution >= 0.6 is 0 Å². The van der Waals surface area contributed by atoms with Gasteiger partial charge in [0.05, 0.1) is 25.4 Å². The predicted molar refractivity (Wildman–Crippen MR) is 135 cm³/mol. The van der Waals surface area contributed by atoms with Gasteiger partial charge in [0.2, 0.25) is 0 Å². The van der Waals surface area contributed by atoms with Gasteiger partial charge < -0.3 is 9.47 Å². The number of hydrogen-bond acceptors (Lipinski definition) is 4. The van der Waals surface area contributed by atoms with E-state index < -0.39 is 0 Å². The second-order valence-electron chi connectivity index (χ2n) is 8.89. The third-order valence-corrected chi connectivity index (χ3v) is 6.78. The van der Waals surface area contributed by atoms with Gasteiger partial charge >= 0.3 is 5.97 Å². The SMILES string of the molecule is CCOC(=O)CCC(COCc1ccccc1)N1CCCC1(c1ccccc1)c1ccccc1. The summed E-state index contributed by atoms with van der Waals surface area (Å²) in [5, 5.41) is 0. The van der Waals surface area contributed by atoms with Gasteiger partial charge in [-0.05, 0) is 49.4 Å². The number of carbonyl (C=O) groups excluding carboxylic acids is 1. The Kier molecular flexibility index (Phi) is 8.51. The molecule has 3 aromatic carbocycles. The van der Waals surface area contributed by atoms with Crippen molar-refractivity contribution in [1.82, 2.24) is 4.90 Å². The number of likely N-dealkylation sites (tertiary alicyclic amines) is 1. The Balaban J connectivity index is 1.63. The fourth-order valence-corrected chi connectivity index (χ4v) is 5.28. The summed E-state index contributed by atoms with van der Waals surface area (Å²) in [7, 11) is 0. The van der Waals surface area contributed by atoms with Crippen molar-refractivity contribution in [2.75, 3.05) is 19.8 Å². The summed E-state index contributed by atoms with van der Waals surface area (Å²) in [6, 6.07) is 31.9. The standard InChI is InChI=1S/C30H35NO3/c1-2-34-29(32)20-19-28(24-33-23-25-13-6-3-7-14-25)31-22-12-21-30(31,26-15-8-4-9-16-26)27-17-10-5-11-18-27/h3-11,13-18,28H,2,12,19-24H2,1H3. The molecule has 1 atom stereocenters. The number of carbonyl (C=O) groups is 1. The van der Waals surface area contributed by atoms with Crippen LogP contribution < -0.4 is 0 Å². The van der Waals surface area contributed by atoms with E-state index in [1.165, 1.54) is 11.1 Å². The molecule has 1 saturated heterocycles. The minimum atomic E-state index is -0.238. The molecule has 0 spiro atoms. The summed E-state index contributed by atoms with van der Waals surface area (Å²) in [5.74, 6) is -0.139. The predicted octanol–water partition coefficient (Wildman–Crippen LogP) is 5.95. The molecule has 0 aliphatic carbocycles. The van der Waals surface area contributed by atoms with Crippen molar-refractivity contribution in [3.05, 3.63) is 108 Å². The number of ether oxygens (including phenoxy) is 2. The van der Waals surface area contributed by atoms with Crippen LogP contribution in [0.5, 0.6) is 0 Å². The van der Waals surface area contributed by atoms with Crippen LogP contribution in [0.4, 0.5) is 0 Å². The molecule has 1 fully saturated rings. The molecule has 4 rings (SSSR count). The summed E-state index contributed by atoms with van der Waals surface area (Å²) in [4.78, 5) is 14.9.